The Labute approximate surface area is 115 Å². The van der Waals surface area contributed by atoms with E-state index < -0.39 is 0 Å². The van der Waals surface area contributed by atoms with Gasteiger partial charge < -0.3 is 15.2 Å². The third-order valence-corrected chi connectivity index (χ3v) is 3.25. The van der Waals surface area contributed by atoms with Crippen molar-refractivity contribution in [2.45, 2.75) is 31.7 Å². The van der Waals surface area contributed by atoms with Gasteiger partial charge in [0, 0.05) is 11.8 Å². The Morgan fingerprint density at radius 3 is 2.39 bits per heavy atom. The molecule has 4 heteroatoms. The predicted molar refractivity (Wildman–Crippen MR) is 78.8 cm³/mol. The van der Waals surface area contributed by atoms with Gasteiger partial charge in [0.1, 0.15) is 11.5 Å². The van der Waals surface area contributed by atoms with Gasteiger partial charge in [-0.2, -0.15) is 12.6 Å². The number of thiol groups is 1. The molecule has 3 nitrogen and oxygen atoms in total. The van der Waals surface area contributed by atoms with Gasteiger partial charge in [-0.05, 0) is 37.1 Å². The summed E-state index contributed by atoms with van der Waals surface area (Å²) in [6.45, 7) is 0.752. The van der Waals surface area contributed by atoms with Crippen LogP contribution in [0.15, 0.2) is 24.3 Å². The summed E-state index contributed by atoms with van der Waals surface area (Å²) in [5.74, 6) is 2.51. The maximum Gasteiger partial charge on any atom is 0.119 e. The summed E-state index contributed by atoms with van der Waals surface area (Å²) in [4.78, 5) is 0. The fourth-order valence-corrected chi connectivity index (χ4v) is 1.82. The molecule has 0 spiro atoms. The van der Waals surface area contributed by atoms with Gasteiger partial charge in [0.05, 0.1) is 13.7 Å². The monoisotopic (exact) mass is 269 g/mol. The molecule has 0 aliphatic carbocycles. The molecule has 0 saturated carbocycles. The fraction of sp³-hybridized carbons (Fsp3) is 0.571. The Bertz CT molecular complexity index is 316. The Balaban J connectivity index is 2.06. The van der Waals surface area contributed by atoms with Crippen LogP contribution < -0.4 is 15.2 Å². The van der Waals surface area contributed by atoms with Gasteiger partial charge in [-0.1, -0.05) is 12.8 Å². The van der Waals surface area contributed by atoms with E-state index in [-0.39, 0.29) is 6.04 Å². The third kappa shape index (κ3) is 6.17. The summed E-state index contributed by atoms with van der Waals surface area (Å²) >= 11 is 4.16. The molecular formula is C14H23NO2S. The molecule has 1 atom stereocenters. The first-order valence-corrected chi connectivity index (χ1v) is 7.03. The number of hydrogen-bond acceptors (Lipinski definition) is 4. The predicted octanol–water partition coefficient (Wildman–Crippen LogP) is 2.89. The lowest BCUT2D eigenvalue weighted by molar-refractivity contribution is 0.303. The van der Waals surface area contributed by atoms with E-state index in [1.807, 2.05) is 24.3 Å². The minimum Gasteiger partial charge on any atom is -0.497 e. The number of methoxy groups -OCH3 is 1. The molecular weight excluding hydrogens is 246 g/mol. The maximum atomic E-state index is 5.79. The Hall–Kier alpha value is -0.870. The minimum absolute atomic E-state index is 0.232. The second-order valence-electron chi connectivity index (χ2n) is 4.32. The van der Waals surface area contributed by atoms with Gasteiger partial charge in [-0.3, -0.25) is 0 Å². The van der Waals surface area contributed by atoms with E-state index in [0.29, 0.717) is 0 Å². The summed E-state index contributed by atoms with van der Waals surface area (Å²) in [7, 11) is 1.66. The van der Waals surface area contributed by atoms with Crippen molar-refractivity contribution in [1.82, 2.24) is 0 Å². The molecule has 1 aromatic carbocycles. The molecule has 0 heterocycles. The first-order valence-electron chi connectivity index (χ1n) is 6.39. The molecule has 2 N–H and O–H groups in total. The highest BCUT2D eigenvalue weighted by Gasteiger charge is 1.99. The zero-order chi connectivity index (χ0) is 13.2. The van der Waals surface area contributed by atoms with Crippen LogP contribution in [0.3, 0.4) is 0 Å². The Morgan fingerprint density at radius 2 is 1.78 bits per heavy atom. The highest BCUT2D eigenvalue weighted by molar-refractivity contribution is 7.80. The first kappa shape index (κ1) is 15.2. The van der Waals surface area contributed by atoms with Crippen LogP contribution in [0.5, 0.6) is 11.5 Å². The number of benzene rings is 1. The number of nitrogens with two attached hydrogens (primary N) is 1. The fourth-order valence-electron chi connectivity index (χ4n) is 1.64. The zero-order valence-electron chi connectivity index (χ0n) is 11.0. The summed E-state index contributed by atoms with van der Waals surface area (Å²) in [6.07, 6.45) is 4.41. The number of ether oxygens (including phenoxy) is 2. The summed E-state index contributed by atoms with van der Waals surface area (Å²) in [5, 5.41) is 0. The van der Waals surface area contributed by atoms with Crippen molar-refractivity contribution < 1.29 is 9.47 Å². The molecule has 18 heavy (non-hydrogen) atoms. The standard InChI is InChI=1S/C14H23NO2S/c1-16-13-6-8-14(9-7-13)17-10-4-2-3-5-12(15)11-18/h6-9,12,18H,2-5,10-11,15H2,1H3/t12-/m1/s1. The smallest absolute Gasteiger partial charge is 0.119 e. The quantitative estimate of drug-likeness (QED) is 0.535. The highest BCUT2D eigenvalue weighted by atomic mass is 32.1. The van der Waals surface area contributed by atoms with Crippen molar-refractivity contribution in [2.24, 2.45) is 5.73 Å². The van der Waals surface area contributed by atoms with Gasteiger partial charge in [-0.25, -0.2) is 0 Å². The van der Waals surface area contributed by atoms with Gasteiger partial charge in [0.25, 0.3) is 0 Å². The van der Waals surface area contributed by atoms with Crippen LogP contribution in [-0.2, 0) is 0 Å². The first-order chi connectivity index (χ1) is 8.76. The van der Waals surface area contributed by atoms with Crippen LogP contribution in [0.4, 0.5) is 0 Å². The van der Waals surface area contributed by atoms with Crippen LogP contribution >= 0.6 is 12.6 Å². The van der Waals surface area contributed by atoms with E-state index in [0.717, 1.165) is 49.5 Å². The van der Waals surface area contributed by atoms with Crippen LogP contribution in [0.2, 0.25) is 0 Å². The van der Waals surface area contributed by atoms with E-state index >= 15 is 0 Å². The average Bonchev–Trinajstić information content (AvgIpc) is 2.43. The minimum atomic E-state index is 0.232. The molecule has 0 aliphatic rings. The van der Waals surface area contributed by atoms with Gasteiger partial charge in [0.15, 0.2) is 0 Å². The van der Waals surface area contributed by atoms with E-state index in [4.69, 9.17) is 15.2 Å². The molecule has 0 saturated heterocycles. The van der Waals surface area contributed by atoms with E-state index in [9.17, 15) is 0 Å². The lowest BCUT2D eigenvalue weighted by Gasteiger charge is -2.09. The number of rotatable bonds is 9. The van der Waals surface area contributed by atoms with Crippen molar-refractivity contribution in [3.05, 3.63) is 24.3 Å². The van der Waals surface area contributed by atoms with Gasteiger partial charge in [-0.15, -0.1) is 0 Å². The van der Waals surface area contributed by atoms with Crippen LogP contribution in [-0.4, -0.2) is 25.5 Å². The third-order valence-electron chi connectivity index (χ3n) is 2.78. The average molecular weight is 269 g/mol. The van der Waals surface area contributed by atoms with Gasteiger partial charge in [0.2, 0.25) is 0 Å². The maximum absolute atomic E-state index is 5.79. The molecule has 0 fully saturated rings. The number of hydrogen-bond donors (Lipinski definition) is 2. The molecule has 0 aromatic heterocycles. The lowest BCUT2D eigenvalue weighted by atomic mass is 10.1. The van der Waals surface area contributed by atoms with E-state index in [1.54, 1.807) is 7.11 Å². The second-order valence-corrected chi connectivity index (χ2v) is 4.68. The summed E-state index contributed by atoms with van der Waals surface area (Å²) in [6, 6.07) is 7.89. The molecule has 0 aliphatic heterocycles. The highest BCUT2D eigenvalue weighted by Crippen LogP contribution is 2.17. The molecule has 102 valence electrons. The normalized spacial score (nSPS) is 12.2. The summed E-state index contributed by atoms with van der Waals surface area (Å²) < 4.78 is 10.7. The number of unbranched alkanes of at least 4 members (excludes halogenated alkanes) is 2. The Kier molecular flexibility index (Phi) is 7.69. The van der Waals surface area contributed by atoms with Crippen molar-refractivity contribution >= 4 is 12.6 Å². The van der Waals surface area contributed by atoms with Crippen molar-refractivity contribution in [3.8, 4) is 11.5 Å². The molecule has 1 aromatic rings. The van der Waals surface area contributed by atoms with Crippen LogP contribution in [0.25, 0.3) is 0 Å². The molecule has 0 unspecified atom stereocenters. The topological polar surface area (TPSA) is 44.5 Å². The van der Waals surface area contributed by atoms with Gasteiger partial charge >= 0.3 is 0 Å². The van der Waals surface area contributed by atoms with Crippen molar-refractivity contribution in [1.29, 1.82) is 0 Å². The molecule has 0 bridgehead atoms. The second kappa shape index (κ2) is 9.11. The largest absolute Gasteiger partial charge is 0.497 e. The van der Waals surface area contributed by atoms with E-state index in [2.05, 4.69) is 12.6 Å². The van der Waals surface area contributed by atoms with Crippen LogP contribution in [0.1, 0.15) is 25.7 Å². The molecule has 0 amide bonds. The lowest BCUT2D eigenvalue weighted by Crippen LogP contribution is -2.21. The molecule has 0 radical (unpaired) electrons. The van der Waals surface area contributed by atoms with Crippen molar-refractivity contribution in [3.63, 3.8) is 0 Å². The summed E-state index contributed by atoms with van der Waals surface area (Å²) in [5.41, 5.74) is 5.79. The molecule has 1 rings (SSSR count). The zero-order valence-corrected chi connectivity index (χ0v) is 11.9. The van der Waals surface area contributed by atoms with E-state index in [1.165, 1.54) is 0 Å². The van der Waals surface area contributed by atoms with Crippen LogP contribution in [0, 0.1) is 0 Å². The Morgan fingerprint density at radius 1 is 1.11 bits per heavy atom. The van der Waals surface area contributed by atoms with Crippen molar-refractivity contribution in [2.75, 3.05) is 19.5 Å². The SMILES string of the molecule is COc1ccc(OCCCCC[C@@H](N)CS)cc1.